The van der Waals surface area contributed by atoms with E-state index < -0.39 is 0 Å². The van der Waals surface area contributed by atoms with Crippen LogP contribution in [-0.4, -0.2) is 6.54 Å². The number of hydrogen-bond acceptors (Lipinski definition) is 1. The van der Waals surface area contributed by atoms with Crippen molar-refractivity contribution < 1.29 is 0 Å². The lowest BCUT2D eigenvalue weighted by Crippen LogP contribution is -2.13. The fourth-order valence-electron chi connectivity index (χ4n) is 2.76. The Balaban J connectivity index is 1.96. The van der Waals surface area contributed by atoms with Crippen molar-refractivity contribution in [2.24, 2.45) is 0 Å². The van der Waals surface area contributed by atoms with Gasteiger partial charge in [-0.3, -0.25) is 0 Å². The van der Waals surface area contributed by atoms with Crippen LogP contribution in [0.2, 0.25) is 0 Å². The third kappa shape index (κ3) is 2.13. The second kappa shape index (κ2) is 4.85. The zero-order valence-corrected chi connectivity index (χ0v) is 10.9. The van der Waals surface area contributed by atoms with Gasteiger partial charge in [0.25, 0.3) is 0 Å². The lowest BCUT2D eigenvalue weighted by molar-refractivity contribution is 0.819. The molecular weight excluding hydrogens is 218 g/mol. The minimum Gasteiger partial charge on any atom is -0.385 e. The number of nitrogens with one attached hydrogen (secondary N) is 1. The highest BCUT2D eigenvalue weighted by Crippen LogP contribution is 2.27. The molecule has 0 amide bonds. The van der Waals surface area contributed by atoms with E-state index in [1.807, 2.05) is 0 Å². The lowest BCUT2D eigenvalue weighted by atomic mass is 9.92. The van der Waals surface area contributed by atoms with E-state index in [1.54, 1.807) is 0 Å². The number of aryl methyl sites for hydroxylation is 1. The van der Waals surface area contributed by atoms with Crippen molar-refractivity contribution in [3.05, 3.63) is 64.7 Å². The molecule has 1 N–H and O–H groups in total. The second-order valence-corrected chi connectivity index (χ2v) is 5.08. The number of rotatable bonds is 2. The summed E-state index contributed by atoms with van der Waals surface area (Å²) in [6, 6.07) is 15.3. The fourth-order valence-corrected chi connectivity index (χ4v) is 2.76. The molecule has 0 spiro atoms. The molecule has 2 aromatic rings. The minimum absolute atomic E-state index is 1.05. The van der Waals surface area contributed by atoms with Gasteiger partial charge >= 0.3 is 0 Å². The van der Waals surface area contributed by atoms with Gasteiger partial charge in [-0.2, -0.15) is 0 Å². The first-order valence-electron chi connectivity index (χ1n) is 6.74. The molecule has 0 unspecified atom stereocenters. The molecule has 2 aromatic carbocycles. The molecule has 0 aromatic heterocycles. The van der Waals surface area contributed by atoms with E-state index in [9.17, 15) is 0 Å². The molecule has 0 radical (unpaired) electrons. The van der Waals surface area contributed by atoms with Gasteiger partial charge in [0.15, 0.2) is 0 Å². The summed E-state index contributed by atoms with van der Waals surface area (Å²) in [5.74, 6) is 0. The molecule has 0 saturated heterocycles. The summed E-state index contributed by atoms with van der Waals surface area (Å²) < 4.78 is 0. The smallest absolute Gasteiger partial charge is 0.0375 e. The van der Waals surface area contributed by atoms with Crippen molar-refractivity contribution in [1.82, 2.24) is 0 Å². The first-order valence-corrected chi connectivity index (χ1v) is 6.74. The molecule has 3 rings (SSSR count). The Labute approximate surface area is 109 Å². The van der Waals surface area contributed by atoms with Crippen LogP contribution in [0, 0.1) is 6.92 Å². The van der Waals surface area contributed by atoms with Crippen LogP contribution in [-0.2, 0) is 12.8 Å². The van der Waals surface area contributed by atoms with Crippen LogP contribution in [0.3, 0.4) is 0 Å². The number of benzene rings is 2. The Morgan fingerprint density at radius 3 is 2.72 bits per heavy atom. The zero-order valence-electron chi connectivity index (χ0n) is 10.9. The highest BCUT2D eigenvalue weighted by molar-refractivity contribution is 5.57. The Bertz CT molecular complexity index is 557. The average Bonchev–Trinajstić information content (AvgIpc) is 2.42. The van der Waals surface area contributed by atoms with Crippen molar-refractivity contribution >= 4 is 5.69 Å². The summed E-state index contributed by atoms with van der Waals surface area (Å²) in [5.41, 5.74) is 7.17. The summed E-state index contributed by atoms with van der Waals surface area (Å²) in [7, 11) is 0. The van der Waals surface area contributed by atoms with Gasteiger partial charge in [-0.1, -0.05) is 36.4 Å². The van der Waals surface area contributed by atoms with Gasteiger partial charge in [0.05, 0.1) is 0 Å². The van der Waals surface area contributed by atoms with E-state index in [0.29, 0.717) is 0 Å². The number of fused-ring (bicyclic) bond motifs is 1. The van der Waals surface area contributed by atoms with Crippen LogP contribution < -0.4 is 5.32 Å². The average molecular weight is 237 g/mol. The molecule has 0 fully saturated rings. The van der Waals surface area contributed by atoms with Crippen LogP contribution in [0.1, 0.15) is 28.7 Å². The second-order valence-electron chi connectivity index (χ2n) is 5.08. The Kier molecular flexibility index (Phi) is 3.06. The summed E-state index contributed by atoms with van der Waals surface area (Å²) in [5, 5.41) is 3.50. The van der Waals surface area contributed by atoms with Gasteiger partial charge in [-0.25, -0.2) is 0 Å². The third-order valence-electron chi connectivity index (χ3n) is 3.83. The normalized spacial score (nSPS) is 13.8. The molecule has 1 nitrogen and oxygen atoms in total. The molecule has 0 atom stereocenters. The Morgan fingerprint density at radius 1 is 1.00 bits per heavy atom. The molecule has 0 bridgehead atoms. The van der Waals surface area contributed by atoms with Crippen LogP contribution in [0.5, 0.6) is 0 Å². The molecule has 0 saturated carbocycles. The van der Waals surface area contributed by atoms with Gasteiger partial charge < -0.3 is 5.32 Å². The zero-order chi connectivity index (χ0) is 12.4. The first kappa shape index (κ1) is 11.3. The van der Waals surface area contributed by atoms with Gasteiger partial charge in [0, 0.05) is 12.2 Å². The van der Waals surface area contributed by atoms with E-state index in [4.69, 9.17) is 0 Å². The fraction of sp³-hybridized carbons (Fsp3) is 0.294. The monoisotopic (exact) mass is 237 g/mol. The topological polar surface area (TPSA) is 12.0 Å². The van der Waals surface area contributed by atoms with Crippen molar-refractivity contribution in [2.75, 3.05) is 11.9 Å². The van der Waals surface area contributed by atoms with Crippen LogP contribution >= 0.6 is 0 Å². The minimum atomic E-state index is 1.05. The van der Waals surface area contributed by atoms with Crippen LogP contribution in [0.25, 0.3) is 0 Å². The van der Waals surface area contributed by atoms with E-state index >= 15 is 0 Å². The first-order chi connectivity index (χ1) is 8.84. The number of anilines is 1. The van der Waals surface area contributed by atoms with Crippen molar-refractivity contribution in [3.8, 4) is 0 Å². The van der Waals surface area contributed by atoms with E-state index in [2.05, 4.69) is 54.7 Å². The highest BCUT2D eigenvalue weighted by Gasteiger charge is 2.12. The largest absolute Gasteiger partial charge is 0.385 e. The summed E-state index contributed by atoms with van der Waals surface area (Å²) in [4.78, 5) is 0. The predicted octanol–water partition coefficient (Wildman–Crippen LogP) is 3.94. The molecule has 92 valence electrons. The summed E-state index contributed by atoms with van der Waals surface area (Å²) in [6.45, 7) is 3.31. The lowest BCUT2D eigenvalue weighted by Gasteiger charge is -2.21. The van der Waals surface area contributed by atoms with Crippen molar-refractivity contribution in [1.29, 1.82) is 0 Å². The van der Waals surface area contributed by atoms with Gasteiger partial charge in [-0.05, 0) is 54.5 Å². The summed E-state index contributed by atoms with van der Waals surface area (Å²) in [6.07, 6.45) is 3.51. The predicted molar refractivity (Wildman–Crippen MR) is 77.2 cm³/mol. The Morgan fingerprint density at radius 2 is 1.83 bits per heavy atom. The van der Waals surface area contributed by atoms with E-state index in [-0.39, 0.29) is 0 Å². The maximum atomic E-state index is 3.50. The molecule has 1 heterocycles. The number of hydrogen-bond donors (Lipinski definition) is 1. The molecular formula is C17H19N. The Hall–Kier alpha value is -1.76. The highest BCUT2D eigenvalue weighted by atomic mass is 14.9. The van der Waals surface area contributed by atoms with E-state index in [0.717, 1.165) is 13.0 Å². The van der Waals surface area contributed by atoms with Crippen LogP contribution in [0.15, 0.2) is 42.5 Å². The molecule has 1 aliphatic heterocycles. The molecule has 1 heteroatoms. The van der Waals surface area contributed by atoms with Crippen LogP contribution in [0.4, 0.5) is 5.69 Å². The SMILES string of the molecule is Cc1ccccc1Cc1cccc2c1CCCN2. The quantitative estimate of drug-likeness (QED) is 0.834. The standard InChI is InChI=1S/C17H19N/c1-13-6-2-3-7-14(13)12-15-8-4-10-17-16(15)9-5-11-18-17/h2-4,6-8,10,18H,5,9,11-12H2,1H3. The van der Waals surface area contributed by atoms with Crippen molar-refractivity contribution in [3.63, 3.8) is 0 Å². The third-order valence-corrected chi connectivity index (χ3v) is 3.83. The maximum Gasteiger partial charge on any atom is 0.0375 e. The van der Waals surface area contributed by atoms with Crippen molar-refractivity contribution in [2.45, 2.75) is 26.2 Å². The van der Waals surface area contributed by atoms with Gasteiger partial charge in [0.1, 0.15) is 0 Å². The van der Waals surface area contributed by atoms with Gasteiger partial charge in [0.2, 0.25) is 0 Å². The molecule has 0 aliphatic carbocycles. The maximum absolute atomic E-state index is 3.50. The molecule has 18 heavy (non-hydrogen) atoms. The summed E-state index contributed by atoms with van der Waals surface area (Å²) >= 11 is 0. The van der Waals surface area contributed by atoms with E-state index in [1.165, 1.54) is 40.8 Å². The molecule has 1 aliphatic rings. The van der Waals surface area contributed by atoms with Gasteiger partial charge in [-0.15, -0.1) is 0 Å².